The number of hydrogen-bond donors (Lipinski definition) is 1. The Kier molecular flexibility index (Phi) is 3.88. The Morgan fingerprint density at radius 1 is 1.35 bits per heavy atom. The van der Waals surface area contributed by atoms with Crippen molar-refractivity contribution in [1.82, 2.24) is 20.1 Å². The Morgan fingerprint density at radius 2 is 2.10 bits per heavy atom. The van der Waals surface area contributed by atoms with E-state index >= 15 is 0 Å². The van der Waals surface area contributed by atoms with Crippen molar-refractivity contribution in [3.63, 3.8) is 0 Å². The van der Waals surface area contributed by atoms with Crippen molar-refractivity contribution in [2.24, 2.45) is 12.5 Å². The predicted molar refractivity (Wildman–Crippen MR) is 77.7 cm³/mol. The van der Waals surface area contributed by atoms with Gasteiger partial charge in [0.05, 0.1) is 5.69 Å². The van der Waals surface area contributed by atoms with Gasteiger partial charge in [-0.3, -0.25) is 14.5 Å². The summed E-state index contributed by atoms with van der Waals surface area (Å²) in [7, 11) is 1.89. The molecule has 0 atom stereocenters. The van der Waals surface area contributed by atoms with Crippen molar-refractivity contribution in [2.75, 3.05) is 0 Å². The normalized spacial score (nSPS) is 11.4. The number of pyridine rings is 1. The largest absolute Gasteiger partial charge is 0.352 e. The zero-order valence-electron chi connectivity index (χ0n) is 12.3. The maximum atomic E-state index is 11.9. The third-order valence-corrected chi connectivity index (χ3v) is 3.05. The molecule has 0 spiro atoms. The highest BCUT2D eigenvalue weighted by molar-refractivity contribution is 5.81. The molecule has 20 heavy (non-hydrogen) atoms. The first-order valence-corrected chi connectivity index (χ1v) is 6.58. The van der Waals surface area contributed by atoms with Crippen LogP contribution in [0.5, 0.6) is 0 Å². The second-order valence-electron chi connectivity index (χ2n) is 5.85. The summed E-state index contributed by atoms with van der Waals surface area (Å²) in [5, 5.41) is 7.07. The van der Waals surface area contributed by atoms with Gasteiger partial charge in [0.2, 0.25) is 5.91 Å². The molecule has 0 radical (unpaired) electrons. The van der Waals surface area contributed by atoms with E-state index in [4.69, 9.17) is 0 Å². The minimum atomic E-state index is -0.382. The molecule has 2 aromatic rings. The molecule has 0 unspecified atom stereocenters. The summed E-state index contributed by atoms with van der Waals surface area (Å²) in [5.74, 6) is 0.0310. The SMILES string of the molecule is Cn1nccc1-c1cncc(CNC(=O)C(C)(C)C)c1. The van der Waals surface area contributed by atoms with Gasteiger partial charge in [0.25, 0.3) is 0 Å². The van der Waals surface area contributed by atoms with Crippen LogP contribution in [0.1, 0.15) is 26.3 Å². The molecule has 0 bridgehead atoms. The van der Waals surface area contributed by atoms with Gasteiger partial charge in [-0.2, -0.15) is 5.10 Å². The number of aromatic nitrogens is 3. The number of nitrogens with zero attached hydrogens (tertiary/aromatic N) is 3. The smallest absolute Gasteiger partial charge is 0.225 e. The van der Waals surface area contributed by atoms with Crippen LogP contribution in [0.3, 0.4) is 0 Å². The van der Waals surface area contributed by atoms with Crippen LogP contribution in [0, 0.1) is 5.41 Å². The first kappa shape index (κ1) is 14.2. The van der Waals surface area contributed by atoms with Crippen molar-refractivity contribution < 1.29 is 4.79 Å². The van der Waals surface area contributed by atoms with Crippen LogP contribution in [0.25, 0.3) is 11.3 Å². The molecule has 106 valence electrons. The summed E-state index contributed by atoms with van der Waals surface area (Å²) in [6, 6.07) is 3.96. The van der Waals surface area contributed by atoms with E-state index in [0.717, 1.165) is 16.8 Å². The Morgan fingerprint density at radius 3 is 2.70 bits per heavy atom. The van der Waals surface area contributed by atoms with Crippen molar-refractivity contribution >= 4 is 5.91 Å². The summed E-state index contributed by atoms with van der Waals surface area (Å²) < 4.78 is 1.80. The molecule has 2 rings (SSSR count). The molecule has 0 saturated heterocycles. The average Bonchev–Trinajstić information content (AvgIpc) is 2.81. The van der Waals surface area contributed by atoms with Gasteiger partial charge in [-0.15, -0.1) is 0 Å². The molecular weight excluding hydrogens is 252 g/mol. The number of amides is 1. The number of nitrogens with one attached hydrogen (secondary N) is 1. The van der Waals surface area contributed by atoms with E-state index in [0.29, 0.717) is 6.54 Å². The quantitative estimate of drug-likeness (QED) is 0.931. The minimum absolute atomic E-state index is 0.0310. The van der Waals surface area contributed by atoms with E-state index in [1.165, 1.54) is 0 Å². The molecule has 1 amide bonds. The van der Waals surface area contributed by atoms with Crippen LogP contribution in [0.15, 0.2) is 30.7 Å². The van der Waals surface area contributed by atoms with Crippen molar-refractivity contribution in [3.8, 4) is 11.3 Å². The van der Waals surface area contributed by atoms with Gasteiger partial charge in [-0.1, -0.05) is 20.8 Å². The van der Waals surface area contributed by atoms with Crippen LogP contribution >= 0.6 is 0 Å². The van der Waals surface area contributed by atoms with E-state index in [2.05, 4.69) is 15.4 Å². The highest BCUT2D eigenvalue weighted by Crippen LogP contribution is 2.18. The Balaban J connectivity index is 2.12. The maximum Gasteiger partial charge on any atom is 0.225 e. The Bertz CT molecular complexity index is 610. The number of hydrogen-bond acceptors (Lipinski definition) is 3. The number of carbonyl (C=O) groups excluding carboxylic acids is 1. The summed E-state index contributed by atoms with van der Waals surface area (Å²) in [6.07, 6.45) is 5.32. The molecular formula is C15H20N4O. The summed E-state index contributed by atoms with van der Waals surface area (Å²) in [4.78, 5) is 16.1. The van der Waals surface area contributed by atoms with E-state index in [9.17, 15) is 4.79 Å². The fraction of sp³-hybridized carbons (Fsp3) is 0.400. The lowest BCUT2D eigenvalue weighted by molar-refractivity contribution is -0.128. The molecule has 2 aromatic heterocycles. The molecule has 0 aromatic carbocycles. The molecule has 2 heterocycles. The molecule has 0 saturated carbocycles. The molecule has 5 nitrogen and oxygen atoms in total. The number of rotatable bonds is 3. The second-order valence-corrected chi connectivity index (χ2v) is 5.85. The van der Waals surface area contributed by atoms with Crippen molar-refractivity contribution in [2.45, 2.75) is 27.3 Å². The third kappa shape index (κ3) is 3.23. The predicted octanol–water partition coefficient (Wildman–Crippen LogP) is 2.14. The van der Waals surface area contributed by atoms with Crippen LogP contribution in [0.4, 0.5) is 0 Å². The molecule has 1 N–H and O–H groups in total. The summed E-state index contributed by atoms with van der Waals surface area (Å²) >= 11 is 0. The van der Waals surface area contributed by atoms with Gasteiger partial charge < -0.3 is 5.32 Å². The lowest BCUT2D eigenvalue weighted by Gasteiger charge is -2.17. The van der Waals surface area contributed by atoms with E-state index in [1.54, 1.807) is 23.3 Å². The van der Waals surface area contributed by atoms with E-state index in [1.807, 2.05) is 40.0 Å². The van der Waals surface area contributed by atoms with Gasteiger partial charge in [0.15, 0.2) is 0 Å². The fourth-order valence-corrected chi connectivity index (χ4v) is 1.83. The van der Waals surface area contributed by atoms with Gasteiger partial charge in [0, 0.05) is 43.2 Å². The number of carbonyl (C=O) groups is 1. The average molecular weight is 272 g/mol. The first-order chi connectivity index (χ1) is 9.38. The number of aryl methyl sites for hydroxylation is 1. The highest BCUT2D eigenvalue weighted by Gasteiger charge is 2.20. The standard InChI is InChI=1S/C15H20N4O/c1-15(2,3)14(20)17-9-11-7-12(10-16-8-11)13-5-6-18-19(13)4/h5-8,10H,9H2,1-4H3,(H,17,20). The van der Waals surface area contributed by atoms with E-state index in [-0.39, 0.29) is 11.3 Å². The monoisotopic (exact) mass is 272 g/mol. The van der Waals surface area contributed by atoms with Gasteiger partial charge in [-0.05, 0) is 17.7 Å². The van der Waals surface area contributed by atoms with Crippen LogP contribution in [0.2, 0.25) is 0 Å². The topological polar surface area (TPSA) is 59.8 Å². The summed E-state index contributed by atoms with van der Waals surface area (Å²) in [5.41, 5.74) is 2.59. The lowest BCUT2D eigenvalue weighted by atomic mass is 9.95. The fourth-order valence-electron chi connectivity index (χ4n) is 1.83. The van der Waals surface area contributed by atoms with Gasteiger partial charge in [0.1, 0.15) is 0 Å². The van der Waals surface area contributed by atoms with Crippen LogP contribution in [-0.2, 0) is 18.4 Å². The molecule has 0 aliphatic heterocycles. The second kappa shape index (κ2) is 5.45. The summed E-state index contributed by atoms with van der Waals surface area (Å²) in [6.45, 7) is 6.17. The third-order valence-electron chi connectivity index (χ3n) is 3.05. The minimum Gasteiger partial charge on any atom is -0.352 e. The molecule has 0 aliphatic rings. The molecule has 5 heteroatoms. The van der Waals surface area contributed by atoms with Crippen LogP contribution in [-0.4, -0.2) is 20.7 Å². The highest BCUT2D eigenvalue weighted by atomic mass is 16.2. The zero-order chi connectivity index (χ0) is 14.8. The van der Waals surface area contributed by atoms with Gasteiger partial charge >= 0.3 is 0 Å². The van der Waals surface area contributed by atoms with Crippen molar-refractivity contribution in [1.29, 1.82) is 0 Å². The molecule has 0 fully saturated rings. The zero-order valence-corrected chi connectivity index (χ0v) is 12.3. The Labute approximate surface area is 119 Å². The van der Waals surface area contributed by atoms with E-state index < -0.39 is 0 Å². The Hall–Kier alpha value is -2.17. The van der Waals surface area contributed by atoms with Gasteiger partial charge in [-0.25, -0.2) is 0 Å². The lowest BCUT2D eigenvalue weighted by Crippen LogP contribution is -2.34. The maximum absolute atomic E-state index is 11.9. The molecule has 0 aliphatic carbocycles. The first-order valence-electron chi connectivity index (χ1n) is 6.58. The van der Waals surface area contributed by atoms with Crippen LogP contribution < -0.4 is 5.32 Å². The van der Waals surface area contributed by atoms with Crippen molar-refractivity contribution in [3.05, 3.63) is 36.3 Å².